The number of nitrogens with two attached hydrogens (primary N) is 1. The Morgan fingerprint density at radius 1 is 1.47 bits per heavy atom. The SMILES string of the molecule is NC(=NCC1CCC1)NC1COc2cccc(Cl)c21. The molecule has 0 spiro atoms. The zero-order valence-electron chi connectivity index (χ0n) is 10.7. The van der Waals surface area contributed by atoms with Gasteiger partial charge < -0.3 is 15.8 Å². The van der Waals surface area contributed by atoms with E-state index in [1.54, 1.807) is 0 Å². The Balaban J connectivity index is 1.65. The van der Waals surface area contributed by atoms with E-state index in [0.29, 0.717) is 17.6 Å². The standard InChI is InChI=1S/C14H18ClN3O/c15-10-5-2-6-12-13(10)11(8-19-12)18-14(16)17-7-9-3-1-4-9/h2,5-6,9,11H,1,3-4,7-8H2,(H3,16,17,18). The fraction of sp³-hybridized carbons (Fsp3) is 0.500. The molecule has 0 radical (unpaired) electrons. The molecule has 102 valence electrons. The first-order valence-electron chi connectivity index (χ1n) is 6.71. The predicted molar refractivity (Wildman–Crippen MR) is 76.7 cm³/mol. The molecule has 3 rings (SSSR count). The third kappa shape index (κ3) is 2.63. The molecule has 1 fully saturated rings. The lowest BCUT2D eigenvalue weighted by Crippen LogP contribution is -2.36. The van der Waals surface area contributed by atoms with Crippen LogP contribution < -0.4 is 15.8 Å². The van der Waals surface area contributed by atoms with Crippen molar-refractivity contribution in [3.63, 3.8) is 0 Å². The van der Waals surface area contributed by atoms with E-state index in [4.69, 9.17) is 22.1 Å². The molecule has 1 heterocycles. The molecule has 1 aliphatic heterocycles. The largest absolute Gasteiger partial charge is 0.491 e. The molecular weight excluding hydrogens is 262 g/mol. The summed E-state index contributed by atoms with van der Waals surface area (Å²) in [7, 11) is 0. The van der Waals surface area contributed by atoms with Crippen LogP contribution in [0.4, 0.5) is 0 Å². The van der Waals surface area contributed by atoms with E-state index in [9.17, 15) is 0 Å². The molecule has 1 aliphatic carbocycles. The number of hydrogen-bond donors (Lipinski definition) is 2. The summed E-state index contributed by atoms with van der Waals surface area (Å²) < 4.78 is 5.59. The topological polar surface area (TPSA) is 59.6 Å². The fourth-order valence-electron chi connectivity index (χ4n) is 2.48. The Kier molecular flexibility index (Phi) is 3.51. The van der Waals surface area contributed by atoms with E-state index >= 15 is 0 Å². The first kappa shape index (κ1) is 12.6. The van der Waals surface area contributed by atoms with E-state index < -0.39 is 0 Å². The van der Waals surface area contributed by atoms with Gasteiger partial charge in [-0.1, -0.05) is 24.1 Å². The van der Waals surface area contributed by atoms with Gasteiger partial charge in [0.25, 0.3) is 0 Å². The number of benzene rings is 1. The molecule has 1 unspecified atom stereocenters. The molecule has 19 heavy (non-hydrogen) atoms. The summed E-state index contributed by atoms with van der Waals surface area (Å²) in [6.07, 6.45) is 3.88. The van der Waals surface area contributed by atoms with Crippen LogP contribution in [0, 0.1) is 5.92 Å². The van der Waals surface area contributed by atoms with E-state index in [-0.39, 0.29) is 6.04 Å². The molecule has 0 saturated heterocycles. The number of ether oxygens (including phenoxy) is 1. The van der Waals surface area contributed by atoms with Crippen molar-refractivity contribution in [3.05, 3.63) is 28.8 Å². The maximum Gasteiger partial charge on any atom is 0.189 e. The van der Waals surface area contributed by atoms with Gasteiger partial charge in [-0.2, -0.15) is 0 Å². The Labute approximate surface area is 118 Å². The molecule has 0 aromatic heterocycles. The Morgan fingerprint density at radius 3 is 3.05 bits per heavy atom. The fourth-order valence-corrected chi connectivity index (χ4v) is 2.78. The van der Waals surface area contributed by atoms with Crippen LogP contribution in [0.25, 0.3) is 0 Å². The summed E-state index contributed by atoms with van der Waals surface area (Å²) in [6, 6.07) is 5.67. The highest BCUT2D eigenvalue weighted by Gasteiger charge is 2.27. The molecule has 2 aliphatic rings. The maximum atomic E-state index is 6.21. The van der Waals surface area contributed by atoms with Crippen LogP contribution in [0.3, 0.4) is 0 Å². The first-order valence-corrected chi connectivity index (χ1v) is 7.09. The molecule has 1 aromatic carbocycles. The zero-order chi connectivity index (χ0) is 13.2. The summed E-state index contributed by atoms with van der Waals surface area (Å²) in [6.45, 7) is 1.36. The van der Waals surface area contributed by atoms with E-state index in [0.717, 1.165) is 23.8 Å². The summed E-state index contributed by atoms with van der Waals surface area (Å²) in [5, 5.41) is 3.91. The highest BCUT2D eigenvalue weighted by Crippen LogP contribution is 2.37. The van der Waals surface area contributed by atoms with Crippen molar-refractivity contribution < 1.29 is 4.74 Å². The van der Waals surface area contributed by atoms with Gasteiger partial charge in [-0.15, -0.1) is 0 Å². The molecule has 1 saturated carbocycles. The summed E-state index contributed by atoms with van der Waals surface area (Å²) in [5.74, 6) is 2.03. The summed E-state index contributed by atoms with van der Waals surface area (Å²) in [5.41, 5.74) is 6.91. The van der Waals surface area contributed by atoms with Gasteiger partial charge in [0, 0.05) is 17.1 Å². The van der Waals surface area contributed by atoms with Crippen LogP contribution in [0.1, 0.15) is 30.9 Å². The van der Waals surface area contributed by atoms with Crippen LogP contribution >= 0.6 is 11.6 Å². The molecule has 4 nitrogen and oxygen atoms in total. The van der Waals surface area contributed by atoms with Crippen molar-refractivity contribution >= 4 is 17.6 Å². The lowest BCUT2D eigenvalue weighted by atomic mass is 9.86. The van der Waals surface area contributed by atoms with Crippen molar-refractivity contribution in [1.29, 1.82) is 0 Å². The Bertz CT molecular complexity index is 499. The van der Waals surface area contributed by atoms with Gasteiger partial charge in [0.05, 0.1) is 6.04 Å². The van der Waals surface area contributed by atoms with Crippen LogP contribution in [0.2, 0.25) is 5.02 Å². The second kappa shape index (κ2) is 5.29. The Morgan fingerprint density at radius 2 is 2.32 bits per heavy atom. The lowest BCUT2D eigenvalue weighted by molar-refractivity contribution is 0.320. The van der Waals surface area contributed by atoms with E-state index in [2.05, 4.69) is 10.3 Å². The minimum Gasteiger partial charge on any atom is -0.491 e. The quantitative estimate of drug-likeness (QED) is 0.660. The molecule has 0 amide bonds. The van der Waals surface area contributed by atoms with E-state index in [1.807, 2.05) is 18.2 Å². The summed E-state index contributed by atoms with van der Waals surface area (Å²) >= 11 is 6.21. The van der Waals surface area contributed by atoms with Crippen molar-refractivity contribution in [2.45, 2.75) is 25.3 Å². The molecule has 1 atom stereocenters. The second-order valence-corrected chi connectivity index (χ2v) is 5.59. The number of guanidine groups is 1. The van der Waals surface area contributed by atoms with Crippen LogP contribution in [0.15, 0.2) is 23.2 Å². The average Bonchev–Trinajstić information content (AvgIpc) is 2.72. The Hall–Kier alpha value is -1.42. The number of rotatable bonds is 3. The molecule has 5 heteroatoms. The van der Waals surface area contributed by atoms with Gasteiger partial charge in [0.1, 0.15) is 12.4 Å². The molecular formula is C14H18ClN3O. The van der Waals surface area contributed by atoms with Gasteiger partial charge in [-0.05, 0) is 30.9 Å². The number of hydrogen-bond acceptors (Lipinski definition) is 2. The van der Waals surface area contributed by atoms with Crippen LogP contribution in [-0.4, -0.2) is 19.1 Å². The van der Waals surface area contributed by atoms with Crippen molar-refractivity contribution in [2.75, 3.05) is 13.2 Å². The third-order valence-corrected chi connectivity index (χ3v) is 4.16. The first-order chi connectivity index (χ1) is 9.24. The van der Waals surface area contributed by atoms with Crippen molar-refractivity contribution in [2.24, 2.45) is 16.6 Å². The normalized spacial score (nSPS) is 22.6. The molecule has 1 aromatic rings. The number of aliphatic imine (C=N–C) groups is 1. The highest BCUT2D eigenvalue weighted by atomic mass is 35.5. The smallest absolute Gasteiger partial charge is 0.189 e. The zero-order valence-corrected chi connectivity index (χ0v) is 11.5. The van der Waals surface area contributed by atoms with Crippen molar-refractivity contribution in [3.8, 4) is 5.75 Å². The number of fused-ring (bicyclic) bond motifs is 1. The minimum absolute atomic E-state index is 0.00570. The van der Waals surface area contributed by atoms with Gasteiger partial charge in [-0.3, -0.25) is 4.99 Å². The monoisotopic (exact) mass is 279 g/mol. The second-order valence-electron chi connectivity index (χ2n) is 5.18. The third-order valence-electron chi connectivity index (χ3n) is 3.83. The van der Waals surface area contributed by atoms with Gasteiger partial charge in [-0.25, -0.2) is 0 Å². The maximum absolute atomic E-state index is 6.21. The van der Waals surface area contributed by atoms with Gasteiger partial charge in [0.15, 0.2) is 5.96 Å². The number of halogens is 1. The van der Waals surface area contributed by atoms with Gasteiger partial charge >= 0.3 is 0 Å². The molecule has 3 N–H and O–H groups in total. The van der Waals surface area contributed by atoms with Crippen LogP contribution in [0.5, 0.6) is 5.75 Å². The van der Waals surface area contributed by atoms with E-state index in [1.165, 1.54) is 19.3 Å². The molecule has 0 bridgehead atoms. The number of nitrogens with zero attached hydrogens (tertiary/aromatic N) is 1. The van der Waals surface area contributed by atoms with Crippen LogP contribution in [-0.2, 0) is 0 Å². The summed E-state index contributed by atoms with van der Waals surface area (Å²) in [4.78, 5) is 4.40. The predicted octanol–water partition coefficient (Wildman–Crippen LogP) is 2.48. The number of nitrogens with one attached hydrogen (secondary N) is 1. The van der Waals surface area contributed by atoms with Crippen molar-refractivity contribution in [1.82, 2.24) is 5.32 Å². The highest BCUT2D eigenvalue weighted by molar-refractivity contribution is 6.31. The lowest BCUT2D eigenvalue weighted by Gasteiger charge is -2.23. The van der Waals surface area contributed by atoms with Gasteiger partial charge in [0.2, 0.25) is 0 Å². The average molecular weight is 280 g/mol. The minimum atomic E-state index is -0.00570.